The van der Waals surface area contributed by atoms with Crippen LogP contribution in [0.25, 0.3) is 0 Å². The second-order valence-corrected chi connectivity index (χ2v) is 7.65. The van der Waals surface area contributed by atoms with Crippen molar-refractivity contribution in [2.45, 2.75) is 50.3 Å². The van der Waals surface area contributed by atoms with Gasteiger partial charge in [0, 0.05) is 35.5 Å². The molecule has 2 rings (SSSR count). The molecule has 5 heteroatoms. The second kappa shape index (κ2) is 7.50. The normalized spacial score (nSPS) is 23.8. The Morgan fingerprint density at radius 1 is 1.37 bits per heavy atom. The van der Waals surface area contributed by atoms with Crippen LogP contribution in [0.15, 0.2) is 12.3 Å². The lowest BCUT2D eigenvalue weighted by Gasteiger charge is -2.28. The van der Waals surface area contributed by atoms with Crippen molar-refractivity contribution >= 4 is 23.5 Å². The van der Waals surface area contributed by atoms with Crippen LogP contribution in [-0.4, -0.2) is 32.8 Å². The highest BCUT2D eigenvalue weighted by Crippen LogP contribution is 2.42. The first-order valence-electron chi connectivity index (χ1n) is 6.99. The summed E-state index contributed by atoms with van der Waals surface area (Å²) in [5, 5.41) is 4.54. The zero-order valence-corrected chi connectivity index (χ0v) is 13.6. The number of nitrogens with zero attached hydrogens (tertiary/aromatic N) is 2. The summed E-state index contributed by atoms with van der Waals surface area (Å²) in [6, 6.07) is 2.50. The van der Waals surface area contributed by atoms with Gasteiger partial charge in [0.05, 0.1) is 10.9 Å². The van der Waals surface area contributed by atoms with E-state index in [9.17, 15) is 0 Å². The van der Waals surface area contributed by atoms with Crippen LogP contribution in [0, 0.1) is 0 Å². The summed E-state index contributed by atoms with van der Waals surface area (Å²) in [5.41, 5.74) is 1.10. The van der Waals surface area contributed by atoms with Gasteiger partial charge in [0.1, 0.15) is 5.82 Å². The van der Waals surface area contributed by atoms with Crippen molar-refractivity contribution in [2.24, 2.45) is 0 Å². The Morgan fingerprint density at radius 2 is 2.16 bits per heavy atom. The zero-order valence-electron chi connectivity index (χ0n) is 11.9. The number of thioether (sulfide) groups is 2. The molecule has 1 aliphatic heterocycles. The molecule has 1 aromatic rings. The van der Waals surface area contributed by atoms with Gasteiger partial charge in [-0.3, -0.25) is 0 Å². The SMILES string of the molecule is CCC1SCCSC1c1nccc(CNC(C)C)n1. The van der Waals surface area contributed by atoms with E-state index in [0.717, 1.165) is 18.1 Å². The predicted octanol–water partition coefficient (Wildman–Crippen LogP) is 3.27. The largest absolute Gasteiger partial charge is 0.309 e. The number of hydrogen-bond donors (Lipinski definition) is 1. The van der Waals surface area contributed by atoms with Crippen LogP contribution in [0.2, 0.25) is 0 Å². The Kier molecular flexibility index (Phi) is 5.98. The van der Waals surface area contributed by atoms with Crippen LogP contribution < -0.4 is 5.32 Å². The molecule has 2 heterocycles. The average Bonchev–Trinajstić information content (AvgIpc) is 2.45. The summed E-state index contributed by atoms with van der Waals surface area (Å²) in [7, 11) is 0. The van der Waals surface area contributed by atoms with Crippen LogP contribution in [0.3, 0.4) is 0 Å². The summed E-state index contributed by atoms with van der Waals surface area (Å²) < 4.78 is 0. The molecule has 0 radical (unpaired) electrons. The molecule has 19 heavy (non-hydrogen) atoms. The third-order valence-electron chi connectivity index (χ3n) is 3.13. The second-order valence-electron chi connectivity index (χ2n) is 5.05. The molecule has 0 amide bonds. The fourth-order valence-corrected chi connectivity index (χ4v) is 5.10. The van der Waals surface area contributed by atoms with E-state index in [2.05, 4.69) is 42.8 Å². The maximum atomic E-state index is 4.76. The van der Waals surface area contributed by atoms with Gasteiger partial charge in [-0.1, -0.05) is 20.8 Å². The Bertz CT molecular complexity index is 398. The fraction of sp³-hybridized carbons (Fsp3) is 0.714. The lowest BCUT2D eigenvalue weighted by atomic mass is 10.2. The lowest BCUT2D eigenvalue weighted by molar-refractivity contribution is 0.577. The first-order valence-corrected chi connectivity index (χ1v) is 9.09. The van der Waals surface area contributed by atoms with E-state index in [1.54, 1.807) is 0 Å². The summed E-state index contributed by atoms with van der Waals surface area (Å²) in [6.45, 7) is 7.40. The minimum absolute atomic E-state index is 0.461. The first kappa shape index (κ1) is 15.1. The van der Waals surface area contributed by atoms with Gasteiger partial charge in [-0.2, -0.15) is 11.8 Å². The van der Waals surface area contributed by atoms with Gasteiger partial charge in [-0.25, -0.2) is 9.97 Å². The number of nitrogens with one attached hydrogen (secondary N) is 1. The Hall–Kier alpha value is -0.260. The maximum absolute atomic E-state index is 4.76. The Balaban J connectivity index is 2.08. The smallest absolute Gasteiger partial charge is 0.142 e. The highest BCUT2D eigenvalue weighted by molar-refractivity contribution is 8.06. The topological polar surface area (TPSA) is 37.8 Å². The van der Waals surface area contributed by atoms with Crippen molar-refractivity contribution in [3.05, 3.63) is 23.8 Å². The standard InChI is InChI=1S/C14H23N3S2/c1-4-12-13(19-8-7-18-12)14-15-6-5-11(17-14)9-16-10(2)3/h5-6,10,12-13,16H,4,7-9H2,1-3H3. The molecule has 2 unspecified atom stereocenters. The molecule has 0 aliphatic carbocycles. The Morgan fingerprint density at radius 3 is 2.89 bits per heavy atom. The third kappa shape index (κ3) is 4.36. The van der Waals surface area contributed by atoms with Crippen molar-refractivity contribution in [2.75, 3.05) is 11.5 Å². The van der Waals surface area contributed by atoms with Crippen LogP contribution in [-0.2, 0) is 6.54 Å². The predicted molar refractivity (Wildman–Crippen MR) is 85.7 cm³/mol. The summed E-state index contributed by atoms with van der Waals surface area (Å²) >= 11 is 4.09. The quantitative estimate of drug-likeness (QED) is 0.903. The minimum atomic E-state index is 0.461. The van der Waals surface area contributed by atoms with E-state index >= 15 is 0 Å². The van der Waals surface area contributed by atoms with Crippen LogP contribution >= 0.6 is 23.5 Å². The molecule has 1 fully saturated rings. The van der Waals surface area contributed by atoms with Crippen LogP contribution in [0.4, 0.5) is 0 Å². The number of aromatic nitrogens is 2. The molecule has 3 nitrogen and oxygen atoms in total. The zero-order chi connectivity index (χ0) is 13.7. The molecule has 1 aromatic heterocycles. The van der Waals surface area contributed by atoms with E-state index in [4.69, 9.17) is 4.98 Å². The highest BCUT2D eigenvalue weighted by atomic mass is 32.2. The molecule has 1 N–H and O–H groups in total. The van der Waals surface area contributed by atoms with Gasteiger partial charge in [0.15, 0.2) is 0 Å². The molecule has 0 aromatic carbocycles. The summed E-state index contributed by atoms with van der Waals surface area (Å²) in [4.78, 5) is 9.27. The van der Waals surface area contributed by atoms with E-state index < -0.39 is 0 Å². The molecular weight excluding hydrogens is 274 g/mol. The van der Waals surface area contributed by atoms with Crippen molar-refractivity contribution in [3.63, 3.8) is 0 Å². The molecule has 1 saturated heterocycles. The van der Waals surface area contributed by atoms with Crippen molar-refractivity contribution in [1.29, 1.82) is 0 Å². The van der Waals surface area contributed by atoms with E-state index in [-0.39, 0.29) is 0 Å². The lowest BCUT2D eigenvalue weighted by Crippen LogP contribution is -2.24. The minimum Gasteiger partial charge on any atom is -0.309 e. The summed E-state index contributed by atoms with van der Waals surface area (Å²) in [6.07, 6.45) is 3.10. The molecular formula is C14H23N3S2. The molecule has 0 saturated carbocycles. The third-order valence-corrected chi connectivity index (χ3v) is 6.37. The van der Waals surface area contributed by atoms with Gasteiger partial charge in [-0.05, 0) is 12.5 Å². The first-order chi connectivity index (χ1) is 9.20. The van der Waals surface area contributed by atoms with Crippen molar-refractivity contribution in [3.8, 4) is 0 Å². The molecule has 0 spiro atoms. The van der Waals surface area contributed by atoms with Gasteiger partial charge >= 0.3 is 0 Å². The van der Waals surface area contributed by atoms with Gasteiger partial charge in [0.2, 0.25) is 0 Å². The maximum Gasteiger partial charge on any atom is 0.142 e. The molecule has 1 aliphatic rings. The van der Waals surface area contributed by atoms with Crippen LogP contribution in [0.5, 0.6) is 0 Å². The van der Waals surface area contributed by atoms with Crippen LogP contribution in [0.1, 0.15) is 44.0 Å². The molecule has 2 atom stereocenters. The van der Waals surface area contributed by atoms with Gasteiger partial charge in [-0.15, -0.1) is 11.8 Å². The Labute approximate surface area is 124 Å². The monoisotopic (exact) mass is 297 g/mol. The molecule has 106 valence electrons. The van der Waals surface area contributed by atoms with E-state index in [1.807, 2.05) is 24.0 Å². The number of rotatable bonds is 5. The van der Waals surface area contributed by atoms with Gasteiger partial charge in [0.25, 0.3) is 0 Å². The van der Waals surface area contributed by atoms with E-state index in [1.165, 1.54) is 17.9 Å². The number of hydrogen-bond acceptors (Lipinski definition) is 5. The summed E-state index contributed by atoms with van der Waals surface area (Å²) in [5.74, 6) is 3.49. The van der Waals surface area contributed by atoms with E-state index in [0.29, 0.717) is 16.5 Å². The van der Waals surface area contributed by atoms with Gasteiger partial charge < -0.3 is 5.32 Å². The van der Waals surface area contributed by atoms with Crippen molar-refractivity contribution < 1.29 is 0 Å². The highest BCUT2D eigenvalue weighted by Gasteiger charge is 2.28. The van der Waals surface area contributed by atoms with Crippen molar-refractivity contribution in [1.82, 2.24) is 15.3 Å². The average molecular weight is 297 g/mol. The fourth-order valence-electron chi connectivity index (χ4n) is 2.10. The molecule has 0 bridgehead atoms.